The fourth-order valence-corrected chi connectivity index (χ4v) is 3.26. The molecule has 0 atom stereocenters. The van der Waals surface area contributed by atoms with Gasteiger partial charge in [-0.3, -0.25) is 4.99 Å². The molecule has 0 unspecified atom stereocenters. The zero-order valence-corrected chi connectivity index (χ0v) is 12.9. The second-order valence-electron chi connectivity index (χ2n) is 5.27. The number of hydrogen-bond donors (Lipinski definition) is 2. The number of hydrogen-bond acceptors (Lipinski definition) is 4. The molecule has 21 heavy (non-hydrogen) atoms. The molecule has 2 heterocycles. The van der Waals surface area contributed by atoms with Crippen molar-refractivity contribution in [1.82, 2.24) is 10.2 Å². The van der Waals surface area contributed by atoms with E-state index in [1.165, 1.54) is 5.70 Å². The maximum Gasteiger partial charge on any atom is 0.319 e. The van der Waals surface area contributed by atoms with Crippen LogP contribution in [0.4, 0.5) is 10.5 Å². The van der Waals surface area contributed by atoms with Gasteiger partial charge < -0.3 is 15.5 Å². The summed E-state index contributed by atoms with van der Waals surface area (Å²) in [5, 5.41) is 8.85. The molecule has 110 valence electrons. The van der Waals surface area contributed by atoms with Gasteiger partial charge in [0.2, 0.25) is 0 Å². The highest BCUT2D eigenvalue weighted by atomic mass is 32.2. The normalized spacial score (nSPS) is 16.6. The monoisotopic (exact) mass is 302 g/mol. The van der Waals surface area contributed by atoms with E-state index in [4.69, 9.17) is 0 Å². The van der Waals surface area contributed by atoms with Gasteiger partial charge >= 0.3 is 6.03 Å². The average molecular weight is 302 g/mol. The lowest BCUT2D eigenvalue weighted by molar-refractivity contribution is 0.250. The van der Waals surface area contributed by atoms with Crippen molar-refractivity contribution in [1.29, 1.82) is 0 Å². The molecule has 0 radical (unpaired) electrons. The van der Waals surface area contributed by atoms with Crippen LogP contribution in [0.1, 0.15) is 19.4 Å². The van der Waals surface area contributed by atoms with Crippen LogP contribution in [0.2, 0.25) is 0 Å². The first kappa shape index (κ1) is 14.0. The molecule has 0 saturated carbocycles. The SMILES string of the molecule is CC(C)NC(=O)Nc1ccc(C2=CSC3=NCCN23)cc1. The van der Waals surface area contributed by atoms with Crippen LogP contribution in [0.25, 0.3) is 5.70 Å². The molecule has 0 spiro atoms. The molecule has 2 aliphatic rings. The standard InChI is InChI=1S/C15H18N4OS/c1-10(2)17-14(20)18-12-5-3-11(4-6-12)13-9-21-15-16-7-8-19(13)15/h3-6,9-10H,7-8H2,1-2H3,(H2,17,18,20). The van der Waals surface area contributed by atoms with Crippen LogP contribution < -0.4 is 10.6 Å². The molecule has 2 N–H and O–H groups in total. The Hall–Kier alpha value is -1.95. The molecule has 5 nitrogen and oxygen atoms in total. The minimum absolute atomic E-state index is 0.123. The Bertz CT molecular complexity index is 607. The number of nitrogens with one attached hydrogen (secondary N) is 2. The van der Waals surface area contributed by atoms with Crippen LogP contribution in [-0.4, -0.2) is 35.2 Å². The fourth-order valence-electron chi connectivity index (χ4n) is 2.30. The van der Waals surface area contributed by atoms with Crippen molar-refractivity contribution in [2.75, 3.05) is 18.4 Å². The minimum Gasteiger partial charge on any atom is -0.336 e. The number of carbonyl (C=O) groups is 1. The molecule has 0 saturated heterocycles. The Balaban J connectivity index is 1.67. The number of amidine groups is 1. The summed E-state index contributed by atoms with van der Waals surface area (Å²) in [6.07, 6.45) is 0. The van der Waals surface area contributed by atoms with E-state index in [0.717, 1.165) is 29.5 Å². The summed E-state index contributed by atoms with van der Waals surface area (Å²) in [5.41, 5.74) is 3.12. The lowest BCUT2D eigenvalue weighted by Gasteiger charge is -2.17. The highest BCUT2D eigenvalue weighted by Gasteiger charge is 2.26. The first-order chi connectivity index (χ1) is 10.1. The number of thioether (sulfide) groups is 1. The van der Waals surface area contributed by atoms with Crippen LogP contribution in [0.3, 0.4) is 0 Å². The summed E-state index contributed by atoms with van der Waals surface area (Å²) in [7, 11) is 0. The quantitative estimate of drug-likeness (QED) is 0.902. The summed E-state index contributed by atoms with van der Waals surface area (Å²) in [4.78, 5) is 18.3. The largest absolute Gasteiger partial charge is 0.336 e. The molecule has 2 aliphatic heterocycles. The molecule has 1 aromatic carbocycles. The van der Waals surface area contributed by atoms with Crippen LogP contribution >= 0.6 is 11.8 Å². The van der Waals surface area contributed by atoms with Crippen LogP contribution in [0, 0.1) is 0 Å². The van der Waals surface area contributed by atoms with Gasteiger partial charge in [0, 0.05) is 23.7 Å². The van der Waals surface area contributed by atoms with Crippen molar-refractivity contribution in [3.8, 4) is 0 Å². The highest BCUT2D eigenvalue weighted by Crippen LogP contribution is 2.35. The third kappa shape index (κ3) is 3.05. The van der Waals surface area contributed by atoms with Gasteiger partial charge in [-0.25, -0.2) is 4.79 Å². The molecule has 3 rings (SSSR count). The van der Waals surface area contributed by atoms with E-state index in [1.54, 1.807) is 11.8 Å². The number of nitrogens with zero attached hydrogens (tertiary/aromatic N) is 2. The highest BCUT2D eigenvalue weighted by molar-refractivity contribution is 8.16. The van der Waals surface area contributed by atoms with Crippen molar-refractivity contribution in [3.63, 3.8) is 0 Å². The Kier molecular flexibility index (Phi) is 3.88. The molecule has 0 aliphatic carbocycles. The second-order valence-corrected chi connectivity index (χ2v) is 6.10. The van der Waals surface area contributed by atoms with E-state index in [-0.39, 0.29) is 12.1 Å². The van der Waals surface area contributed by atoms with Gasteiger partial charge in [0.15, 0.2) is 5.17 Å². The van der Waals surface area contributed by atoms with Crippen LogP contribution in [-0.2, 0) is 0 Å². The average Bonchev–Trinajstić information content (AvgIpc) is 3.01. The van der Waals surface area contributed by atoms with E-state index in [9.17, 15) is 4.79 Å². The van der Waals surface area contributed by atoms with Gasteiger partial charge in [-0.15, -0.1) is 0 Å². The number of fused-ring (bicyclic) bond motifs is 1. The predicted octanol–water partition coefficient (Wildman–Crippen LogP) is 2.93. The first-order valence-electron chi connectivity index (χ1n) is 7.00. The maximum atomic E-state index is 11.7. The van der Waals surface area contributed by atoms with Gasteiger partial charge in [0.05, 0.1) is 12.2 Å². The van der Waals surface area contributed by atoms with Crippen LogP contribution in [0.15, 0.2) is 34.7 Å². The summed E-state index contributed by atoms with van der Waals surface area (Å²) < 4.78 is 0. The lowest BCUT2D eigenvalue weighted by atomic mass is 10.1. The number of aliphatic imine (C=N–C) groups is 1. The van der Waals surface area contributed by atoms with Crippen molar-refractivity contribution >= 4 is 34.3 Å². The zero-order valence-electron chi connectivity index (χ0n) is 12.1. The van der Waals surface area contributed by atoms with Crippen LogP contribution in [0.5, 0.6) is 0 Å². The molecule has 0 aromatic heterocycles. The minimum atomic E-state index is -0.178. The Morgan fingerprint density at radius 3 is 2.81 bits per heavy atom. The molecule has 0 fully saturated rings. The van der Waals surface area contributed by atoms with E-state index in [2.05, 4.69) is 25.9 Å². The van der Waals surface area contributed by atoms with E-state index < -0.39 is 0 Å². The number of amides is 2. The van der Waals surface area contributed by atoms with Crippen molar-refractivity contribution in [3.05, 3.63) is 35.2 Å². The van der Waals surface area contributed by atoms with Gasteiger partial charge in [-0.05, 0) is 31.5 Å². The predicted molar refractivity (Wildman–Crippen MR) is 88.3 cm³/mol. The number of benzene rings is 1. The fraction of sp³-hybridized carbons (Fsp3) is 0.333. The summed E-state index contributed by atoms with van der Waals surface area (Å²) >= 11 is 1.67. The van der Waals surface area contributed by atoms with Gasteiger partial charge in [0.1, 0.15) is 0 Å². The first-order valence-corrected chi connectivity index (χ1v) is 7.88. The summed E-state index contributed by atoms with van der Waals surface area (Å²) in [6, 6.07) is 7.84. The Labute approximate surface area is 128 Å². The number of carbonyl (C=O) groups excluding carboxylic acids is 1. The van der Waals surface area contributed by atoms with Crippen molar-refractivity contribution in [2.45, 2.75) is 19.9 Å². The second kappa shape index (κ2) is 5.81. The molecule has 2 amide bonds. The van der Waals surface area contributed by atoms with Gasteiger partial charge in [-0.2, -0.15) is 0 Å². The molecule has 0 bridgehead atoms. The van der Waals surface area contributed by atoms with E-state index >= 15 is 0 Å². The summed E-state index contributed by atoms with van der Waals surface area (Å²) in [5.74, 6) is 0. The van der Waals surface area contributed by atoms with E-state index in [1.807, 2.05) is 38.1 Å². The zero-order chi connectivity index (χ0) is 14.8. The third-order valence-corrected chi connectivity index (χ3v) is 4.13. The molecular formula is C15H18N4OS. The van der Waals surface area contributed by atoms with E-state index in [0.29, 0.717) is 0 Å². The Morgan fingerprint density at radius 1 is 1.33 bits per heavy atom. The maximum absolute atomic E-state index is 11.7. The Morgan fingerprint density at radius 2 is 2.10 bits per heavy atom. The molecular weight excluding hydrogens is 284 g/mol. The van der Waals surface area contributed by atoms with Gasteiger partial charge in [0.25, 0.3) is 0 Å². The van der Waals surface area contributed by atoms with Crippen molar-refractivity contribution < 1.29 is 4.79 Å². The summed E-state index contributed by atoms with van der Waals surface area (Å²) in [6.45, 7) is 5.68. The topological polar surface area (TPSA) is 56.7 Å². The third-order valence-electron chi connectivity index (χ3n) is 3.23. The van der Waals surface area contributed by atoms with Crippen molar-refractivity contribution in [2.24, 2.45) is 4.99 Å². The number of anilines is 1. The smallest absolute Gasteiger partial charge is 0.319 e. The lowest BCUT2D eigenvalue weighted by Crippen LogP contribution is -2.34. The number of rotatable bonds is 3. The molecule has 1 aromatic rings. The van der Waals surface area contributed by atoms with Gasteiger partial charge in [-0.1, -0.05) is 23.9 Å². The number of urea groups is 1. The molecule has 6 heteroatoms.